The summed E-state index contributed by atoms with van der Waals surface area (Å²) in [6.45, 7) is 2.28. The van der Waals surface area contributed by atoms with Crippen LogP contribution in [-0.2, 0) is 13.1 Å². The first-order chi connectivity index (χ1) is 14.0. The number of halogens is 1. The van der Waals surface area contributed by atoms with Crippen LogP contribution >= 0.6 is 0 Å². The average molecular weight is 392 g/mol. The minimum atomic E-state index is -0.345. The van der Waals surface area contributed by atoms with Crippen molar-refractivity contribution in [2.75, 3.05) is 5.32 Å². The lowest BCUT2D eigenvalue weighted by Crippen LogP contribution is -2.28. The molecule has 0 saturated heterocycles. The molecule has 0 bridgehead atoms. The average Bonchev–Trinajstić information content (AvgIpc) is 2.73. The molecule has 1 aromatic heterocycles. The zero-order valence-corrected chi connectivity index (χ0v) is 15.9. The van der Waals surface area contributed by atoms with Crippen molar-refractivity contribution in [3.63, 3.8) is 0 Å². The predicted molar refractivity (Wildman–Crippen MR) is 109 cm³/mol. The lowest BCUT2D eigenvalue weighted by atomic mass is 10.1. The van der Waals surface area contributed by atoms with Crippen LogP contribution in [0.2, 0.25) is 0 Å². The SMILES string of the molecule is Cc1cc(C(=O)NCc2cccc(NC(=O)NCc3ccncc3)c2)ccc1F. The van der Waals surface area contributed by atoms with Gasteiger partial charge in [-0.1, -0.05) is 12.1 Å². The number of rotatable bonds is 6. The molecule has 0 unspecified atom stereocenters. The first kappa shape index (κ1) is 20.0. The molecule has 0 aliphatic rings. The van der Waals surface area contributed by atoms with Crippen LogP contribution in [0, 0.1) is 12.7 Å². The Hall–Kier alpha value is -3.74. The van der Waals surface area contributed by atoms with Gasteiger partial charge in [-0.2, -0.15) is 0 Å². The zero-order chi connectivity index (χ0) is 20.6. The largest absolute Gasteiger partial charge is 0.348 e. The van der Waals surface area contributed by atoms with Gasteiger partial charge in [0.2, 0.25) is 0 Å². The lowest BCUT2D eigenvalue weighted by Gasteiger charge is -2.10. The van der Waals surface area contributed by atoms with Gasteiger partial charge in [0.1, 0.15) is 5.82 Å². The summed E-state index contributed by atoms with van der Waals surface area (Å²) in [5.41, 5.74) is 3.20. The van der Waals surface area contributed by atoms with Gasteiger partial charge in [-0.25, -0.2) is 9.18 Å². The second-order valence-electron chi connectivity index (χ2n) is 6.51. The second kappa shape index (κ2) is 9.45. The Morgan fingerprint density at radius 2 is 1.69 bits per heavy atom. The van der Waals surface area contributed by atoms with E-state index in [1.165, 1.54) is 18.2 Å². The maximum atomic E-state index is 13.3. The van der Waals surface area contributed by atoms with Crippen molar-refractivity contribution in [3.8, 4) is 0 Å². The van der Waals surface area contributed by atoms with Gasteiger partial charge in [-0.3, -0.25) is 9.78 Å². The quantitative estimate of drug-likeness (QED) is 0.597. The Morgan fingerprint density at radius 1 is 0.931 bits per heavy atom. The van der Waals surface area contributed by atoms with Gasteiger partial charge in [-0.05, 0) is 66.1 Å². The Kier molecular flexibility index (Phi) is 6.52. The van der Waals surface area contributed by atoms with Gasteiger partial charge in [0, 0.05) is 36.7 Å². The minimum absolute atomic E-state index is 0.281. The highest BCUT2D eigenvalue weighted by Gasteiger charge is 2.08. The minimum Gasteiger partial charge on any atom is -0.348 e. The number of carbonyl (C=O) groups is 2. The third-order valence-corrected chi connectivity index (χ3v) is 4.26. The molecule has 0 spiro atoms. The van der Waals surface area contributed by atoms with Crippen molar-refractivity contribution >= 4 is 17.6 Å². The van der Waals surface area contributed by atoms with Crippen LogP contribution in [0.5, 0.6) is 0 Å². The second-order valence-corrected chi connectivity index (χ2v) is 6.51. The number of amides is 3. The van der Waals surface area contributed by atoms with E-state index >= 15 is 0 Å². The molecule has 3 amide bonds. The number of aryl methyl sites for hydroxylation is 1. The molecule has 148 valence electrons. The van der Waals surface area contributed by atoms with Crippen molar-refractivity contribution in [2.24, 2.45) is 0 Å². The van der Waals surface area contributed by atoms with E-state index in [0.717, 1.165) is 11.1 Å². The predicted octanol–water partition coefficient (Wildman–Crippen LogP) is 3.78. The van der Waals surface area contributed by atoms with Crippen molar-refractivity contribution in [2.45, 2.75) is 20.0 Å². The monoisotopic (exact) mass is 392 g/mol. The molecule has 0 aliphatic heterocycles. The van der Waals surface area contributed by atoms with Crippen molar-refractivity contribution in [1.29, 1.82) is 0 Å². The number of anilines is 1. The van der Waals surface area contributed by atoms with Gasteiger partial charge in [0.25, 0.3) is 5.91 Å². The molecular weight excluding hydrogens is 371 g/mol. The van der Waals surface area contributed by atoms with Crippen LogP contribution in [-0.4, -0.2) is 16.9 Å². The Bertz CT molecular complexity index is 1010. The lowest BCUT2D eigenvalue weighted by molar-refractivity contribution is 0.0950. The summed E-state index contributed by atoms with van der Waals surface area (Å²) in [5.74, 6) is -0.635. The van der Waals surface area contributed by atoms with Crippen LogP contribution in [0.1, 0.15) is 27.0 Å². The number of pyridine rings is 1. The van der Waals surface area contributed by atoms with E-state index in [2.05, 4.69) is 20.9 Å². The van der Waals surface area contributed by atoms with Crippen LogP contribution < -0.4 is 16.0 Å². The van der Waals surface area contributed by atoms with E-state index in [1.807, 2.05) is 18.2 Å². The van der Waals surface area contributed by atoms with Crippen molar-refractivity contribution in [1.82, 2.24) is 15.6 Å². The summed E-state index contributed by atoms with van der Waals surface area (Å²) < 4.78 is 13.3. The highest BCUT2D eigenvalue weighted by atomic mass is 19.1. The van der Waals surface area contributed by atoms with E-state index in [4.69, 9.17) is 0 Å². The summed E-state index contributed by atoms with van der Waals surface area (Å²) in [6.07, 6.45) is 3.33. The standard InChI is InChI=1S/C22H21FN4O2/c1-15-11-18(5-6-20(15)23)21(28)25-14-17-3-2-4-19(12-17)27-22(29)26-13-16-7-9-24-10-8-16/h2-12H,13-14H2,1H3,(H,25,28)(H2,26,27,29). The van der Waals surface area contributed by atoms with E-state index in [9.17, 15) is 14.0 Å². The molecule has 6 nitrogen and oxygen atoms in total. The fourth-order valence-electron chi connectivity index (χ4n) is 2.69. The van der Waals surface area contributed by atoms with Gasteiger partial charge < -0.3 is 16.0 Å². The molecule has 3 N–H and O–H groups in total. The Labute approximate surface area is 168 Å². The topological polar surface area (TPSA) is 83.1 Å². The van der Waals surface area contributed by atoms with Gasteiger partial charge in [-0.15, -0.1) is 0 Å². The van der Waals surface area contributed by atoms with Crippen LogP contribution in [0.4, 0.5) is 14.9 Å². The van der Waals surface area contributed by atoms with Crippen molar-refractivity contribution in [3.05, 3.63) is 95.1 Å². The molecule has 29 heavy (non-hydrogen) atoms. The molecule has 0 radical (unpaired) electrons. The molecule has 0 aliphatic carbocycles. The number of carbonyl (C=O) groups excluding carboxylic acids is 2. The number of aromatic nitrogens is 1. The number of nitrogens with one attached hydrogen (secondary N) is 3. The summed E-state index contributed by atoms with van der Waals surface area (Å²) in [7, 11) is 0. The summed E-state index contributed by atoms with van der Waals surface area (Å²) >= 11 is 0. The van der Waals surface area contributed by atoms with Gasteiger partial charge in [0.05, 0.1) is 0 Å². The zero-order valence-electron chi connectivity index (χ0n) is 15.9. The molecule has 3 rings (SSSR count). The Morgan fingerprint density at radius 3 is 2.45 bits per heavy atom. The molecule has 0 saturated carbocycles. The number of benzene rings is 2. The molecule has 0 fully saturated rings. The van der Waals surface area contributed by atoms with Crippen LogP contribution in [0.3, 0.4) is 0 Å². The fourth-order valence-corrected chi connectivity index (χ4v) is 2.69. The highest BCUT2D eigenvalue weighted by molar-refractivity contribution is 5.94. The third-order valence-electron chi connectivity index (χ3n) is 4.26. The Balaban J connectivity index is 1.52. The third kappa shape index (κ3) is 5.87. The molecule has 0 atom stereocenters. The van der Waals surface area contributed by atoms with Crippen LogP contribution in [0.15, 0.2) is 67.0 Å². The summed E-state index contributed by atoms with van der Waals surface area (Å²) in [4.78, 5) is 28.2. The van der Waals surface area contributed by atoms with E-state index in [0.29, 0.717) is 23.4 Å². The number of urea groups is 1. The summed E-state index contributed by atoms with van der Waals surface area (Å²) in [5, 5.41) is 8.33. The number of hydrogen-bond acceptors (Lipinski definition) is 3. The maximum absolute atomic E-state index is 13.3. The molecule has 3 aromatic rings. The van der Waals surface area contributed by atoms with Crippen LogP contribution in [0.25, 0.3) is 0 Å². The van der Waals surface area contributed by atoms with Gasteiger partial charge >= 0.3 is 6.03 Å². The molecule has 7 heteroatoms. The number of nitrogens with zero attached hydrogens (tertiary/aromatic N) is 1. The summed E-state index contributed by atoms with van der Waals surface area (Å²) in [6, 6.07) is 14.7. The number of hydrogen-bond donors (Lipinski definition) is 3. The first-order valence-corrected chi connectivity index (χ1v) is 9.08. The molecule has 2 aromatic carbocycles. The van der Waals surface area contributed by atoms with E-state index < -0.39 is 0 Å². The maximum Gasteiger partial charge on any atom is 0.319 e. The van der Waals surface area contributed by atoms with E-state index in [-0.39, 0.29) is 24.3 Å². The normalized spacial score (nSPS) is 10.3. The van der Waals surface area contributed by atoms with E-state index in [1.54, 1.807) is 37.5 Å². The first-order valence-electron chi connectivity index (χ1n) is 9.08. The van der Waals surface area contributed by atoms with Gasteiger partial charge in [0.15, 0.2) is 0 Å². The smallest absolute Gasteiger partial charge is 0.319 e. The highest BCUT2D eigenvalue weighted by Crippen LogP contribution is 2.12. The molecule has 1 heterocycles. The molecular formula is C22H21FN4O2. The fraction of sp³-hybridized carbons (Fsp3) is 0.136. The van der Waals surface area contributed by atoms with Crippen molar-refractivity contribution < 1.29 is 14.0 Å².